The Labute approximate surface area is 112 Å². The van der Waals surface area contributed by atoms with E-state index in [2.05, 4.69) is 23.2 Å². The van der Waals surface area contributed by atoms with Crippen LogP contribution in [0.15, 0.2) is 28.8 Å². The lowest BCUT2D eigenvalue weighted by atomic mass is 9.90. The zero-order chi connectivity index (χ0) is 12.5. The molecule has 0 aliphatic heterocycles. The fourth-order valence-corrected chi connectivity index (χ4v) is 2.59. The van der Waals surface area contributed by atoms with Gasteiger partial charge in [0.25, 0.3) is 0 Å². The minimum absolute atomic E-state index is 0.184. The van der Waals surface area contributed by atoms with Gasteiger partial charge in [-0.3, -0.25) is 0 Å². The van der Waals surface area contributed by atoms with Crippen LogP contribution in [-0.2, 0) is 12.8 Å². The van der Waals surface area contributed by atoms with E-state index in [1.54, 1.807) is 6.20 Å². The van der Waals surface area contributed by atoms with E-state index in [-0.39, 0.29) is 5.38 Å². The van der Waals surface area contributed by atoms with E-state index in [0.717, 1.165) is 11.3 Å². The number of hydrogen-bond acceptors (Lipinski definition) is 2. The summed E-state index contributed by atoms with van der Waals surface area (Å²) in [5.74, 6) is 1.40. The van der Waals surface area contributed by atoms with Gasteiger partial charge in [-0.15, -0.1) is 11.6 Å². The molecule has 2 nitrogen and oxygen atoms in total. The fourth-order valence-electron chi connectivity index (χ4n) is 2.49. The SMILES string of the molecule is CC(Cl)c1ncc(-c2ccc3c(c2)CCCC3)o1. The third-order valence-corrected chi connectivity index (χ3v) is 3.68. The van der Waals surface area contributed by atoms with Crippen LogP contribution in [-0.4, -0.2) is 4.98 Å². The zero-order valence-electron chi connectivity index (χ0n) is 10.4. The molecule has 0 amide bonds. The number of alkyl halides is 1. The topological polar surface area (TPSA) is 26.0 Å². The third kappa shape index (κ3) is 2.17. The first-order chi connectivity index (χ1) is 8.74. The Morgan fingerprint density at radius 3 is 2.72 bits per heavy atom. The molecular formula is C15H16ClNO. The summed E-state index contributed by atoms with van der Waals surface area (Å²) in [6.45, 7) is 1.87. The van der Waals surface area contributed by atoms with Gasteiger partial charge >= 0.3 is 0 Å². The van der Waals surface area contributed by atoms with Gasteiger partial charge in [0.15, 0.2) is 5.76 Å². The van der Waals surface area contributed by atoms with Gasteiger partial charge in [-0.1, -0.05) is 12.1 Å². The van der Waals surface area contributed by atoms with Crippen molar-refractivity contribution < 1.29 is 4.42 Å². The van der Waals surface area contributed by atoms with Crippen molar-refractivity contribution in [3.8, 4) is 11.3 Å². The van der Waals surface area contributed by atoms with Crippen molar-refractivity contribution in [3.63, 3.8) is 0 Å². The maximum Gasteiger partial charge on any atom is 0.212 e. The van der Waals surface area contributed by atoms with Gasteiger partial charge in [0.2, 0.25) is 5.89 Å². The zero-order valence-corrected chi connectivity index (χ0v) is 11.2. The Hall–Kier alpha value is -1.28. The average Bonchev–Trinajstić information content (AvgIpc) is 2.88. The molecular weight excluding hydrogens is 246 g/mol. The van der Waals surface area contributed by atoms with Crippen molar-refractivity contribution in [3.05, 3.63) is 41.4 Å². The number of aromatic nitrogens is 1. The molecule has 0 N–H and O–H groups in total. The molecule has 1 unspecified atom stereocenters. The van der Waals surface area contributed by atoms with Crippen LogP contribution in [0, 0.1) is 0 Å². The Balaban J connectivity index is 1.95. The minimum Gasteiger partial charge on any atom is -0.439 e. The number of nitrogens with zero attached hydrogens (tertiary/aromatic N) is 1. The Bertz CT molecular complexity index is 559. The Morgan fingerprint density at radius 1 is 1.22 bits per heavy atom. The van der Waals surface area contributed by atoms with E-state index in [0.29, 0.717) is 5.89 Å². The van der Waals surface area contributed by atoms with Gasteiger partial charge in [0.1, 0.15) is 5.38 Å². The largest absolute Gasteiger partial charge is 0.439 e. The van der Waals surface area contributed by atoms with E-state index in [9.17, 15) is 0 Å². The molecule has 0 saturated carbocycles. The number of oxazole rings is 1. The maximum absolute atomic E-state index is 5.96. The van der Waals surface area contributed by atoms with Crippen molar-refractivity contribution in [2.24, 2.45) is 0 Å². The van der Waals surface area contributed by atoms with Crippen molar-refractivity contribution >= 4 is 11.6 Å². The molecule has 94 valence electrons. The highest BCUT2D eigenvalue weighted by atomic mass is 35.5. The van der Waals surface area contributed by atoms with Gasteiger partial charge in [-0.25, -0.2) is 4.98 Å². The fraction of sp³-hybridized carbons (Fsp3) is 0.400. The second-order valence-electron chi connectivity index (χ2n) is 4.87. The standard InChI is InChI=1S/C15H16ClNO/c1-10(16)15-17-9-14(18-15)13-7-6-11-4-2-3-5-12(11)8-13/h6-10H,2-5H2,1H3. The monoisotopic (exact) mass is 261 g/mol. The maximum atomic E-state index is 5.96. The van der Waals surface area contributed by atoms with Gasteiger partial charge < -0.3 is 4.42 Å². The molecule has 0 fully saturated rings. The van der Waals surface area contributed by atoms with Crippen LogP contribution in [0.25, 0.3) is 11.3 Å². The summed E-state index contributed by atoms with van der Waals surface area (Å²) < 4.78 is 5.68. The smallest absolute Gasteiger partial charge is 0.212 e. The molecule has 1 aromatic heterocycles. The van der Waals surface area contributed by atoms with Crippen LogP contribution in [0.3, 0.4) is 0 Å². The van der Waals surface area contributed by atoms with Crippen LogP contribution in [0.5, 0.6) is 0 Å². The molecule has 0 bridgehead atoms. The number of benzene rings is 1. The van der Waals surface area contributed by atoms with E-state index >= 15 is 0 Å². The molecule has 0 radical (unpaired) electrons. The second kappa shape index (κ2) is 4.77. The highest BCUT2D eigenvalue weighted by molar-refractivity contribution is 6.20. The summed E-state index contributed by atoms with van der Waals surface area (Å²) in [5, 5.41) is -0.184. The van der Waals surface area contributed by atoms with Gasteiger partial charge in [-0.2, -0.15) is 0 Å². The number of rotatable bonds is 2. The molecule has 1 aliphatic carbocycles. The van der Waals surface area contributed by atoms with Crippen molar-refractivity contribution in [1.82, 2.24) is 4.98 Å². The first-order valence-corrected chi connectivity index (χ1v) is 6.89. The van der Waals surface area contributed by atoms with Gasteiger partial charge in [0, 0.05) is 5.56 Å². The molecule has 1 atom stereocenters. The minimum atomic E-state index is -0.184. The first-order valence-electron chi connectivity index (χ1n) is 6.46. The Morgan fingerprint density at radius 2 is 2.00 bits per heavy atom. The lowest BCUT2D eigenvalue weighted by Crippen LogP contribution is -2.02. The quantitative estimate of drug-likeness (QED) is 0.743. The number of fused-ring (bicyclic) bond motifs is 1. The second-order valence-corrected chi connectivity index (χ2v) is 5.52. The lowest BCUT2D eigenvalue weighted by Gasteiger charge is -2.15. The van der Waals surface area contributed by atoms with E-state index < -0.39 is 0 Å². The third-order valence-electron chi connectivity index (χ3n) is 3.50. The molecule has 3 heteroatoms. The molecule has 0 spiro atoms. The summed E-state index contributed by atoms with van der Waals surface area (Å²) in [4.78, 5) is 4.21. The lowest BCUT2D eigenvalue weighted by molar-refractivity contribution is 0.508. The summed E-state index contributed by atoms with van der Waals surface area (Å²) in [5.41, 5.74) is 4.04. The van der Waals surface area contributed by atoms with Gasteiger partial charge in [0.05, 0.1) is 6.20 Å². The van der Waals surface area contributed by atoms with Crippen LogP contribution in [0.4, 0.5) is 0 Å². The predicted molar refractivity (Wildman–Crippen MR) is 72.8 cm³/mol. The highest BCUT2D eigenvalue weighted by Gasteiger charge is 2.14. The van der Waals surface area contributed by atoms with Crippen molar-refractivity contribution in [1.29, 1.82) is 0 Å². The molecule has 3 rings (SSSR count). The average molecular weight is 262 g/mol. The molecule has 0 saturated heterocycles. The number of hydrogen-bond donors (Lipinski definition) is 0. The van der Waals surface area contributed by atoms with E-state index in [1.165, 1.54) is 36.8 Å². The van der Waals surface area contributed by atoms with Crippen molar-refractivity contribution in [2.45, 2.75) is 38.0 Å². The van der Waals surface area contributed by atoms with Crippen LogP contribution >= 0.6 is 11.6 Å². The van der Waals surface area contributed by atoms with Gasteiger partial charge in [-0.05, 0) is 49.8 Å². The van der Waals surface area contributed by atoms with Crippen molar-refractivity contribution in [2.75, 3.05) is 0 Å². The van der Waals surface area contributed by atoms with Crippen LogP contribution < -0.4 is 0 Å². The first kappa shape index (κ1) is 11.8. The molecule has 1 aromatic carbocycles. The molecule has 18 heavy (non-hydrogen) atoms. The number of halogens is 1. The summed E-state index contributed by atoms with van der Waals surface area (Å²) in [6, 6.07) is 6.57. The summed E-state index contributed by atoms with van der Waals surface area (Å²) in [7, 11) is 0. The van der Waals surface area contributed by atoms with Crippen LogP contribution in [0.1, 0.15) is 42.2 Å². The molecule has 1 heterocycles. The highest BCUT2D eigenvalue weighted by Crippen LogP contribution is 2.29. The summed E-state index contributed by atoms with van der Waals surface area (Å²) >= 11 is 5.96. The summed E-state index contributed by atoms with van der Waals surface area (Å²) in [6.07, 6.45) is 6.74. The van der Waals surface area contributed by atoms with E-state index in [4.69, 9.17) is 16.0 Å². The molecule has 1 aliphatic rings. The van der Waals surface area contributed by atoms with Crippen LogP contribution in [0.2, 0.25) is 0 Å². The predicted octanol–water partition coefficient (Wildman–Crippen LogP) is 4.52. The number of aryl methyl sites for hydroxylation is 2. The normalized spacial score (nSPS) is 16.3. The van der Waals surface area contributed by atoms with E-state index in [1.807, 2.05) is 6.92 Å². The Kier molecular flexibility index (Phi) is 3.13. The molecule has 2 aromatic rings.